The number of imidazole rings is 1. The van der Waals surface area contributed by atoms with Gasteiger partial charge in [0, 0.05) is 12.4 Å². The number of hydrogen-bond donors (Lipinski definition) is 2. The molecule has 1 aromatic heterocycles. The summed E-state index contributed by atoms with van der Waals surface area (Å²) in [7, 11) is 0. The second-order valence-electron chi connectivity index (χ2n) is 3.95. The van der Waals surface area contributed by atoms with Crippen molar-refractivity contribution in [1.29, 1.82) is 0 Å². The van der Waals surface area contributed by atoms with Crippen LogP contribution in [0.3, 0.4) is 0 Å². The van der Waals surface area contributed by atoms with Crippen LogP contribution in [0.5, 0.6) is 0 Å². The van der Waals surface area contributed by atoms with Crippen LogP contribution in [-0.4, -0.2) is 16.5 Å². The Morgan fingerprint density at radius 1 is 1.33 bits per heavy atom. The molecule has 0 aliphatic rings. The molecule has 1 atom stereocenters. The van der Waals surface area contributed by atoms with Gasteiger partial charge in [-0.05, 0) is 19.4 Å². The molecule has 15 heavy (non-hydrogen) atoms. The molecule has 1 unspecified atom stereocenters. The zero-order valence-corrected chi connectivity index (χ0v) is 9.92. The molecule has 1 aromatic rings. The van der Waals surface area contributed by atoms with Crippen molar-refractivity contribution in [2.75, 3.05) is 6.54 Å². The molecule has 86 valence electrons. The van der Waals surface area contributed by atoms with Crippen LogP contribution in [0, 0.1) is 0 Å². The molecule has 0 radical (unpaired) electrons. The summed E-state index contributed by atoms with van der Waals surface area (Å²) in [5.74, 6) is 1.06. The third-order valence-electron chi connectivity index (χ3n) is 2.68. The summed E-state index contributed by atoms with van der Waals surface area (Å²) in [5, 5.41) is 3.54. The molecule has 1 heterocycles. The van der Waals surface area contributed by atoms with E-state index in [0.717, 1.165) is 18.8 Å². The van der Waals surface area contributed by atoms with Gasteiger partial charge in [0.05, 0.1) is 6.04 Å². The largest absolute Gasteiger partial charge is 0.347 e. The second-order valence-corrected chi connectivity index (χ2v) is 3.95. The highest BCUT2D eigenvalue weighted by Gasteiger charge is 2.09. The van der Waals surface area contributed by atoms with Gasteiger partial charge in [0.1, 0.15) is 5.82 Å². The quantitative estimate of drug-likeness (QED) is 0.646. The van der Waals surface area contributed by atoms with Crippen LogP contribution in [0.2, 0.25) is 0 Å². The van der Waals surface area contributed by atoms with E-state index in [-0.39, 0.29) is 0 Å². The Morgan fingerprint density at radius 3 is 2.80 bits per heavy atom. The third kappa shape index (κ3) is 4.47. The lowest BCUT2D eigenvalue weighted by Crippen LogP contribution is -2.22. The minimum atomic E-state index is 0.390. The van der Waals surface area contributed by atoms with Gasteiger partial charge in [0.2, 0.25) is 0 Å². The Kier molecular flexibility index (Phi) is 6.09. The van der Waals surface area contributed by atoms with E-state index in [0.29, 0.717) is 6.04 Å². The predicted octanol–water partition coefficient (Wildman–Crippen LogP) is 3.03. The molecule has 1 rings (SSSR count). The molecule has 0 aliphatic carbocycles. The van der Waals surface area contributed by atoms with Crippen molar-refractivity contribution in [3.63, 3.8) is 0 Å². The molecule has 0 aliphatic heterocycles. The van der Waals surface area contributed by atoms with E-state index in [1.165, 1.54) is 25.7 Å². The summed E-state index contributed by atoms with van der Waals surface area (Å²) < 4.78 is 0. The molecule has 0 amide bonds. The van der Waals surface area contributed by atoms with Gasteiger partial charge in [-0.25, -0.2) is 4.98 Å². The topological polar surface area (TPSA) is 40.7 Å². The maximum Gasteiger partial charge on any atom is 0.123 e. The van der Waals surface area contributed by atoms with Crippen LogP contribution in [-0.2, 0) is 0 Å². The summed E-state index contributed by atoms with van der Waals surface area (Å²) in [6.45, 7) is 5.52. The van der Waals surface area contributed by atoms with Crippen molar-refractivity contribution >= 4 is 0 Å². The van der Waals surface area contributed by atoms with E-state index in [4.69, 9.17) is 0 Å². The van der Waals surface area contributed by atoms with E-state index >= 15 is 0 Å². The van der Waals surface area contributed by atoms with Crippen molar-refractivity contribution in [1.82, 2.24) is 15.3 Å². The number of aromatic nitrogens is 2. The molecule has 2 N–H and O–H groups in total. The third-order valence-corrected chi connectivity index (χ3v) is 2.68. The van der Waals surface area contributed by atoms with E-state index in [1.807, 2.05) is 12.4 Å². The Labute approximate surface area is 92.7 Å². The van der Waals surface area contributed by atoms with Crippen LogP contribution in [0.25, 0.3) is 0 Å². The summed E-state index contributed by atoms with van der Waals surface area (Å²) in [6, 6.07) is 0.390. The number of rotatable bonds is 8. The van der Waals surface area contributed by atoms with E-state index in [1.54, 1.807) is 0 Å². The van der Waals surface area contributed by atoms with E-state index in [2.05, 4.69) is 29.1 Å². The molecule has 3 nitrogen and oxygen atoms in total. The number of nitrogens with one attached hydrogen (secondary N) is 2. The highest BCUT2D eigenvalue weighted by Crippen LogP contribution is 2.11. The highest BCUT2D eigenvalue weighted by atomic mass is 15.0. The summed E-state index contributed by atoms with van der Waals surface area (Å²) in [5.41, 5.74) is 0. The van der Waals surface area contributed by atoms with E-state index in [9.17, 15) is 0 Å². The van der Waals surface area contributed by atoms with Crippen LogP contribution < -0.4 is 5.32 Å². The van der Waals surface area contributed by atoms with Crippen LogP contribution >= 0.6 is 0 Å². The first-order valence-electron chi connectivity index (χ1n) is 6.11. The monoisotopic (exact) mass is 209 g/mol. The average Bonchev–Trinajstić information content (AvgIpc) is 2.77. The first kappa shape index (κ1) is 12.2. The van der Waals surface area contributed by atoms with Gasteiger partial charge in [-0.15, -0.1) is 0 Å². The first-order chi connectivity index (χ1) is 7.38. The van der Waals surface area contributed by atoms with Crippen LogP contribution in [0.4, 0.5) is 0 Å². The molecule has 0 spiro atoms. The number of nitrogens with zero attached hydrogens (tertiary/aromatic N) is 1. The zero-order valence-electron chi connectivity index (χ0n) is 9.92. The van der Waals surface area contributed by atoms with Crippen molar-refractivity contribution in [2.45, 2.75) is 52.0 Å². The van der Waals surface area contributed by atoms with Gasteiger partial charge in [-0.3, -0.25) is 0 Å². The lowest BCUT2D eigenvalue weighted by Gasteiger charge is -2.14. The molecule has 0 bridgehead atoms. The summed E-state index contributed by atoms with van der Waals surface area (Å²) >= 11 is 0. The Balaban J connectivity index is 2.18. The van der Waals surface area contributed by atoms with Gasteiger partial charge in [-0.1, -0.05) is 33.1 Å². The lowest BCUT2D eigenvalue weighted by molar-refractivity contribution is 0.481. The summed E-state index contributed by atoms with van der Waals surface area (Å²) in [4.78, 5) is 7.45. The van der Waals surface area contributed by atoms with Crippen molar-refractivity contribution in [3.05, 3.63) is 18.2 Å². The van der Waals surface area contributed by atoms with Crippen molar-refractivity contribution in [3.8, 4) is 0 Å². The fourth-order valence-corrected chi connectivity index (χ4v) is 1.73. The first-order valence-corrected chi connectivity index (χ1v) is 6.11. The maximum atomic E-state index is 4.28. The maximum absolute atomic E-state index is 4.28. The van der Waals surface area contributed by atoms with Crippen LogP contribution in [0.1, 0.15) is 57.8 Å². The molecule has 0 saturated carbocycles. The van der Waals surface area contributed by atoms with Gasteiger partial charge in [0.15, 0.2) is 0 Å². The lowest BCUT2D eigenvalue weighted by atomic mass is 10.2. The number of H-pyrrole nitrogens is 1. The fraction of sp³-hybridized carbons (Fsp3) is 0.750. The van der Waals surface area contributed by atoms with Gasteiger partial charge in [-0.2, -0.15) is 0 Å². The summed E-state index contributed by atoms with van der Waals surface area (Å²) in [6.07, 6.45) is 10.0. The Bertz CT molecular complexity index is 231. The smallest absolute Gasteiger partial charge is 0.123 e. The van der Waals surface area contributed by atoms with Crippen molar-refractivity contribution < 1.29 is 0 Å². The molecular weight excluding hydrogens is 186 g/mol. The minimum absolute atomic E-state index is 0.390. The van der Waals surface area contributed by atoms with E-state index < -0.39 is 0 Å². The standard InChI is InChI=1S/C12H23N3/c1-3-5-6-7-8-13-11(4-2)12-14-9-10-15-12/h9-11,13H,3-8H2,1-2H3,(H,14,15). The normalized spacial score (nSPS) is 12.9. The van der Waals surface area contributed by atoms with Crippen molar-refractivity contribution in [2.24, 2.45) is 0 Å². The predicted molar refractivity (Wildman–Crippen MR) is 63.8 cm³/mol. The molecular formula is C12H23N3. The molecule has 3 heteroatoms. The second kappa shape index (κ2) is 7.46. The molecule has 0 fully saturated rings. The number of unbranched alkanes of at least 4 members (excludes halogenated alkanes) is 3. The van der Waals surface area contributed by atoms with Crippen LogP contribution in [0.15, 0.2) is 12.4 Å². The average molecular weight is 209 g/mol. The van der Waals surface area contributed by atoms with Gasteiger partial charge in [0.25, 0.3) is 0 Å². The minimum Gasteiger partial charge on any atom is -0.347 e. The molecule has 0 saturated heterocycles. The zero-order chi connectivity index (χ0) is 10.9. The van der Waals surface area contributed by atoms with Gasteiger partial charge < -0.3 is 10.3 Å². The fourth-order valence-electron chi connectivity index (χ4n) is 1.73. The number of hydrogen-bond acceptors (Lipinski definition) is 2. The SMILES string of the molecule is CCCCCCNC(CC)c1ncc[nH]1. The Hall–Kier alpha value is -0.830. The Morgan fingerprint density at radius 2 is 2.20 bits per heavy atom. The number of aromatic amines is 1. The highest BCUT2D eigenvalue weighted by molar-refractivity contribution is 4.94. The molecule has 0 aromatic carbocycles. The van der Waals surface area contributed by atoms with Gasteiger partial charge >= 0.3 is 0 Å².